The van der Waals surface area contributed by atoms with Gasteiger partial charge in [0.1, 0.15) is 11.6 Å². The summed E-state index contributed by atoms with van der Waals surface area (Å²) in [6.45, 7) is 3.78. The molecule has 0 spiro atoms. The number of nitrogens with zero attached hydrogens (tertiary/aromatic N) is 2. The first kappa shape index (κ1) is 14.8. The maximum atomic E-state index is 11.2. The Morgan fingerprint density at radius 3 is 2.52 bits per heavy atom. The molecule has 0 atom stereocenters. The standard InChI is InChI=1S/C15H17N3O3/c1-9-8-13(21-4)10(2)7-11(9)15-12(18(19)20)5-6-14(16-3)17-15/h5-8H,1-4H3,(H,16,17). The molecule has 0 radical (unpaired) electrons. The highest BCUT2D eigenvalue weighted by atomic mass is 16.6. The second kappa shape index (κ2) is 5.78. The number of methoxy groups -OCH3 is 1. The molecule has 0 amide bonds. The monoisotopic (exact) mass is 287 g/mol. The van der Waals surface area contributed by atoms with Gasteiger partial charge in [0.15, 0.2) is 5.69 Å². The summed E-state index contributed by atoms with van der Waals surface area (Å²) >= 11 is 0. The third-order valence-corrected chi connectivity index (χ3v) is 3.32. The molecule has 0 aliphatic carbocycles. The minimum atomic E-state index is -0.416. The second-order valence-corrected chi connectivity index (χ2v) is 4.71. The zero-order chi connectivity index (χ0) is 15.6. The van der Waals surface area contributed by atoms with Crippen molar-refractivity contribution in [2.75, 3.05) is 19.5 Å². The van der Waals surface area contributed by atoms with Gasteiger partial charge in [-0.2, -0.15) is 0 Å². The Bertz CT molecular complexity index is 699. The Morgan fingerprint density at radius 2 is 1.95 bits per heavy atom. The van der Waals surface area contributed by atoms with Crippen molar-refractivity contribution in [2.45, 2.75) is 13.8 Å². The van der Waals surface area contributed by atoms with Crippen LogP contribution in [0.3, 0.4) is 0 Å². The molecule has 1 heterocycles. The molecule has 0 saturated carbocycles. The Labute approximate surface area is 122 Å². The first-order valence-corrected chi connectivity index (χ1v) is 6.46. The lowest BCUT2D eigenvalue weighted by atomic mass is 10.0. The molecule has 0 fully saturated rings. The first-order chi connectivity index (χ1) is 9.97. The zero-order valence-corrected chi connectivity index (χ0v) is 12.4. The summed E-state index contributed by atoms with van der Waals surface area (Å²) in [5.41, 5.74) is 2.86. The van der Waals surface area contributed by atoms with Crippen LogP contribution in [-0.2, 0) is 0 Å². The Hall–Kier alpha value is -2.63. The number of hydrogen-bond acceptors (Lipinski definition) is 5. The summed E-state index contributed by atoms with van der Waals surface area (Å²) in [6.07, 6.45) is 0. The predicted molar refractivity (Wildman–Crippen MR) is 81.9 cm³/mol. The molecule has 0 aliphatic heterocycles. The molecule has 1 N–H and O–H groups in total. The van der Waals surface area contributed by atoms with Gasteiger partial charge in [-0.25, -0.2) is 4.98 Å². The highest BCUT2D eigenvalue weighted by molar-refractivity contribution is 5.75. The van der Waals surface area contributed by atoms with Gasteiger partial charge in [0.2, 0.25) is 0 Å². The quantitative estimate of drug-likeness (QED) is 0.689. The largest absolute Gasteiger partial charge is 0.496 e. The summed E-state index contributed by atoms with van der Waals surface area (Å²) in [6, 6.07) is 6.78. The Kier molecular flexibility index (Phi) is 4.07. The number of aromatic nitrogens is 1. The van der Waals surface area contributed by atoms with Gasteiger partial charge in [-0.3, -0.25) is 10.1 Å². The van der Waals surface area contributed by atoms with Gasteiger partial charge in [-0.15, -0.1) is 0 Å². The highest BCUT2D eigenvalue weighted by Gasteiger charge is 2.20. The van der Waals surface area contributed by atoms with Gasteiger partial charge in [0, 0.05) is 18.7 Å². The molecule has 110 valence electrons. The van der Waals surface area contributed by atoms with Crippen LogP contribution < -0.4 is 10.1 Å². The van der Waals surface area contributed by atoms with Crippen LogP contribution in [0.5, 0.6) is 5.75 Å². The number of rotatable bonds is 4. The summed E-state index contributed by atoms with van der Waals surface area (Å²) in [7, 11) is 3.33. The number of pyridine rings is 1. The maximum absolute atomic E-state index is 11.2. The number of ether oxygens (including phenoxy) is 1. The number of hydrogen-bond donors (Lipinski definition) is 1. The van der Waals surface area contributed by atoms with E-state index in [0.717, 1.165) is 22.4 Å². The summed E-state index contributed by atoms with van der Waals surface area (Å²) in [5.74, 6) is 1.34. The van der Waals surface area contributed by atoms with Gasteiger partial charge < -0.3 is 10.1 Å². The molecule has 1 aromatic heterocycles. The van der Waals surface area contributed by atoms with E-state index in [9.17, 15) is 10.1 Å². The van der Waals surface area contributed by atoms with Crippen LogP contribution in [0.4, 0.5) is 11.5 Å². The molecular formula is C15H17N3O3. The summed E-state index contributed by atoms with van der Waals surface area (Å²) in [4.78, 5) is 15.2. The van der Waals surface area contributed by atoms with E-state index in [1.807, 2.05) is 26.0 Å². The van der Waals surface area contributed by atoms with E-state index in [-0.39, 0.29) is 5.69 Å². The minimum absolute atomic E-state index is 0.0123. The van der Waals surface area contributed by atoms with Crippen molar-refractivity contribution in [3.8, 4) is 17.0 Å². The fourth-order valence-electron chi connectivity index (χ4n) is 2.20. The molecule has 21 heavy (non-hydrogen) atoms. The number of aryl methyl sites for hydroxylation is 2. The molecular weight excluding hydrogens is 270 g/mol. The van der Waals surface area contributed by atoms with Gasteiger partial charge in [0.05, 0.1) is 12.0 Å². The fraction of sp³-hybridized carbons (Fsp3) is 0.267. The summed E-state index contributed by atoms with van der Waals surface area (Å²) < 4.78 is 5.27. The fourth-order valence-corrected chi connectivity index (χ4v) is 2.20. The lowest BCUT2D eigenvalue weighted by Gasteiger charge is -2.12. The van der Waals surface area contributed by atoms with Crippen LogP contribution in [0.2, 0.25) is 0 Å². The smallest absolute Gasteiger partial charge is 0.295 e. The van der Waals surface area contributed by atoms with Gasteiger partial charge in [-0.05, 0) is 43.2 Å². The Balaban J connectivity index is 2.70. The normalized spacial score (nSPS) is 10.3. The molecule has 2 aromatic rings. The van der Waals surface area contributed by atoms with E-state index < -0.39 is 4.92 Å². The molecule has 6 heteroatoms. The SMILES string of the molecule is CNc1ccc([N+](=O)[O-])c(-c2cc(C)c(OC)cc2C)n1. The van der Waals surface area contributed by atoms with Crippen molar-refractivity contribution in [3.05, 3.63) is 45.5 Å². The summed E-state index contributed by atoms with van der Waals surface area (Å²) in [5, 5.41) is 14.1. The van der Waals surface area contributed by atoms with E-state index in [0.29, 0.717) is 11.5 Å². The zero-order valence-electron chi connectivity index (χ0n) is 12.4. The van der Waals surface area contributed by atoms with Crippen molar-refractivity contribution < 1.29 is 9.66 Å². The second-order valence-electron chi connectivity index (χ2n) is 4.71. The third kappa shape index (κ3) is 2.79. The van der Waals surface area contributed by atoms with Crippen LogP contribution in [0.15, 0.2) is 24.3 Å². The van der Waals surface area contributed by atoms with Crippen LogP contribution >= 0.6 is 0 Å². The number of benzene rings is 1. The van der Waals surface area contributed by atoms with Crippen molar-refractivity contribution in [3.63, 3.8) is 0 Å². The van der Waals surface area contributed by atoms with Crippen molar-refractivity contribution in [2.24, 2.45) is 0 Å². The molecule has 0 aliphatic rings. The Morgan fingerprint density at radius 1 is 1.24 bits per heavy atom. The van der Waals surface area contributed by atoms with Crippen LogP contribution in [0.1, 0.15) is 11.1 Å². The average Bonchev–Trinajstić information content (AvgIpc) is 2.48. The molecule has 0 saturated heterocycles. The van der Waals surface area contributed by atoms with Crippen LogP contribution in [0, 0.1) is 24.0 Å². The minimum Gasteiger partial charge on any atom is -0.496 e. The van der Waals surface area contributed by atoms with Crippen LogP contribution in [-0.4, -0.2) is 24.1 Å². The number of nitrogens with one attached hydrogen (secondary N) is 1. The maximum Gasteiger partial charge on any atom is 0.295 e. The third-order valence-electron chi connectivity index (χ3n) is 3.32. The molecule has 6 nitrogen and oxygen atoms in total. The van der Waals surface area contributed by atoms with Gasteiger partial charge in [0.25, 0.3) is 5.69 Å². The van der Waals surface area contributed by atoms with E-state index in [1.165, 1.54) is 6.07 Å². The topological polar surface area (TPSA) is 77.3 Å². The van der Waals surface area contributed by atoms with Gasteiger partial charge >= 0.3 is 0 Å². The van der Waals surface area contributed by atoms with Crippen molar-refractivity contribution in [1.29, 1.82) is 0 Å². The van der Waals surface area contributed by atoms with E-state index in [2.05, 4.69) is 10.3 Å². The van der Waals surface area contributed by atoms with Crippen molar-refractivity contribution >= 4 is 11.5 Å². The van der Waals surface area contributed by atoms with E-state index >= 15 is 0 Å². The molecule has 0 unspecified atom stereocenters. The predicted octanol–water partition coefficient (Wildman–Crippen LogP) is 3.32. The van der Waals surface area contributed by atoms with E-state index in [1.54, 1.807) is 20.2 Å². The van der Waals surface area contributed by atoms with Gasteiger partial charge in [-0.1, -0.05) is 0 Å². The van der Waals surface area contributed by atoms with Crippen molar-refractivity contribution in [1.82, 2.24) is 4.98 Å². The number of nitro groups is 1. The van der Waals surface area contributed by atoms with Crippen LogP contribution in [0.25, 0.3) is 11.3 Å². The lowest BCUT2D eigenvalue weighted by Crippen LogP contribution is -2.00. The molecule has 1 aromatic carbocycles. The molecule has 0 bridgehead atoms. The first-order valence-electron chi connectivity index (χ1n) is 6.46. The van der Waals surface area contributed by atoms with E-state index in [4.69, 9.17) is 4.74 Å². The number of anilines is 1. The average molecular weight is 287 g/mol. The lowest BCUT2D eigenvalue weighted by molar-refractivity contribution is -0.384. The highest BCUT2D eigenvalue weighted by Crippen LogP contribution is 2.34. The molecule has 2 rings (SSSR count).